The van der Waals surface area contributed by atoms with Crippen LogP contribution in [0, 0.1) is 0 Å². The molecule has 2 aromatic carbocycles. The van der Waals surface area contributed by atoms with Crippen molar-refractivity contribution in [3.63, 3.8) is 0 Å². The molecule has 0 atom stereocenters. The van der Waals surface area contributed by atoms with E-state index in [1.807, 2.05) is 0 Å². The zero-order valence-electron chi connectivity index (χ0n) is 18.1. The molecule has 1 N–H and O–H groups in total. The topological polar surface area (TPSA) is 78.3 Å². The number of nitrogens with zero attached hydrogens (tertiary/aromatic N) is 3. The van der Waals surface area contributed by atoms with Crippen molar-refractivity contribution in [1.82, 2.24) is 20.1 Å². The molecular weight excluding hydrogens is 457 g/mol. The lowest BCUT2D eigenvalue weighted by Gasteiger charge is -2.13. The van der Waals surface area contributed by atoms with Gasteiger partial charge < -0.3 is 14.8 Å². The Kier molecular flexibility index (Phi) is 8.34. The molecule has 0 spiro atoms. The molecule has 0 aliphatic heterocycles. The van der Waals surface area contributed by atoms with Gasteiger partial charge in [0.05, 0.1) is 24.1 Å². The van der Waals surface area contributed by atoms with Crippen LogP contribution in [0.15, 0.2) is 53.7 Å². The number of thioether (sulfide) groups is 1. The van der Waals surface area contributed by atoms with Gasteiger partial charge in [-0.05, 0) is 48.9 Å². The first-order chi connectivity index (χ1) is 15.8. The normalized spacial score (nSPS) is 11.4. The molecule has 1 heterocycles. The Morgan fingerprint density at radius 3 is 2.55 bits per heavy atom. The zero-order valence-corrected chi connectivity index (χ0v) is 18.9. The van der Waals surface area contributed by atoms with E-state index in [4.69, 9.17) is 9.47 Å². The fourth-order valence-electron chi connectivity index (χ4n) is 2.97. The Morgan fingerprint density at radius 1 is 1.12 bits per heavy atom. The largest absolute Gasteiger partial charge is 0.497 e. The number of amides is 1. The molecular formula is C22H23F3N4O3S. The van der Waals surface area contributed by atoms with Crippen molar-refractivity contribution in [2.45, 2.75) is 17.8 Å². The number of alkyl halides is 3. The predicted molar refractivity (Wildman–Crippen MR) is 119 cm³/mol. The average Bonchev–Trinajstić information content (AvgIpc) is 3.24. The van der Waals surface area contributed by atoms with Gasteiger partial charge >= 0.3 is 6.18 Å². The molecule has 0 aliphatic carbocycles. The van der Waals surface area contributed by atoms with Crippen LogP contribution < -0.4 is 10.1 Å². The fraction of sp³-hybridized carbons (Fsp3) is 0.318. The van der Waals surface area contributed by atoms with Gasteiger partial charge in [0, 0.05) is 25.8 Å². The molecule has 0 fully saturated rings. The summed E-state index contributed by atoms with van der Waals surface area (Å²) in [5.74, 6) is 0.788. The molecule has 0 radical (unpaired) electrons. The molecule has 0 saturated heterocycles. The molecule has 1 aromatic heterocycles. The summed E-state index contributed by atoms with van der Waals surface area (Å²) < 4.78 is 51.6. The average molecular weight is 481 g/mol. The van der Waals surface area contributed by atoms with E-state index in [1.54, 1.807) is 37.4 Å². The quantitative estimate of drug-likeness (QED) is 0.346. The summed E-state index contributed by atoms with van der Waals surface area (Å²) in [7, 11) is 3.12. The molecule has 0 saturated carbocycles. The van der Waals surface area contributed by atoms with Crippen LogP contribution in [0.5, 0.6) is 5.75 Å². The molecule has 3 aromatic rings. The second-order valence-electron chi connectivity index (χ2n) is 6.90. The van der Waals surface area contributed by atoms with Crippen LogP contribution in [0.1, 0.15) is 12.0 Å². The van der Waals surface area contributed by atoms with Crippen molar-refractivity contribution >= 4 is 17.7 Å². The first kappa shape index (κ1) is 24.6. The lowest BCUT2D eigenvalue weighted by atomic mass is 10.1. The summed E-state index contributed by atoms with van der Waals surface area (Å²) >= 11 is 1.09. The third kappa shape index (κ3) is 6.48. The molecule has 1 amide bonds. The number of nitrogens with one attached hydrogen (secondary N) is 1. The summed E-state index contributed by atoms with van der Waals surface area (Å²) in [6.45, 7) is 0.993. The van der Waals surface area contributed by atoms with E-state index >= 15 is 0 Å². The van der Waals surface area contributed by atoms with E-state index in [9.17, 15) is 18.0 Å². The SMILES string of the molecule is COCCCNC(=O)CSc1nnc(-c2ccc(OC)cc2)n1-c1cccc(C(F)(F)F)c1. The van der Waals surface area contributed by atoms with Gasteiger partial charge in [-0.15, -0.1) is 10.2 Å². The van der Waals surface area contributed by atoms with Crippen molar-refractivity contribution in [2.24, 2.45) is 0 Å². The Labute approximate surface area is 193 Å². The number of rotatable bonds is 10. The van der Waals surface area contributed by atoms with Crippen molar-refractivity contribution in [1.29, 1.82) is 0 Å². The highest BCUT2D eigenvalue weighted by Crippen LogP contribution is 2.33. The highest BCUT2D eigenvalue weighted by molar-refractivity contribution is 7.99. The molecule has 0 aliphatic rings. The van der Waals surface area contributed by atoms with Crippen molar-refractivity contribution < 1.29 is 27.4 Å². The van der Waals surface area contributed by atoms with Gasteiger partial charge in [0.25, 0.3) is 0 Å². The number of methoxy groups -OCH3 is 2. The van der Waals surface area contributed by atoms with E-state index in [0.717, 1.165) is 23.9 Å². The lowest BCUT2D eigenvalue weighted by molar-refractivity contribution is -0.137. The van der Waals surface area contributed by atoms with Gasteiger partial charge in [-0.25, -0.2) is 0 Å². The molecule has 0 bridgehead atoms. The molecule has 0 unspecified atom stereocenters. The summed E-state index contributed by atoms with van der Waals surface area (Å²) in [4.78, 5) is 12.2. The van der Waals surface area contributed by atoms with Crippen LogP contribution in [-0.2, 0) is 15.7 Å². The summed E-state index contributed by atoms with van der Waals surface area (Å²) in [5, 5.41) is 11.4. The van der Waals surface area contributed by atoms with Crippen LogP contribution >= 0.6 is 11.8 Å². The van der Waals surface area contributed by atoms with Gasteiger partial charge in [0.2, 0.25) is 5.91 Å². The molecule has 11 heteroatoms. The monoisotopic (exact) mass is 480 g/mol. The van der Waals surface area contributed by atoms with Crippen LogP contribution in [0.2, 0.25) is 0 Å². The third-order valence-corrected chi connectivity index (χ3v) is 5.52. The van der Waals surface area contributed by atoms with Gasteiger partial charge in [-0.2, -0.15) is 13.2 Å². The highest BCUT2D eigenvalue weighted by Gasteiger charge is 2.31. The molecule has 3 rings (SSSR count). The van der Waals surface area contributed by atoms with Crippen molar-refractivity contribution in [3.8, 4) is 22.8 Å². The smallest absolute Gasteiger partial charge is 0.416 e. The summed E-state index contributed by atoms with van der Waals surface area (Å²) in [5.41, 5.74) is 0.0847. The van der Waals surface area contributed by atoms with Crippen molar-refractivity contribution in [3.05, 3.63) is 54.1 Å². The third-order valence-electron chi connectivity index (χ3n) is 4.59. The van der Waals surface area contributed by atoms with Crippen LogP contribution in [0.25, 0.3) is 17.1 Å². The number of aromatic nitrogens is 3. The Balaban J connectivity index is 1.92. The van der Waals surface area contributed by atoms with E-state index in [2.05, 4.69) is 15.5 Å². The zero-order chi connectivity index (χ0) is 23.8. The predicted octanol–water partition coefficient (Wildman–Crippen LogP) is 4.21. The number of hydrogen-bond acceptors (Lipinski definition) is 6. The van der Waals surface area contributed by atoms with E-state index in [1.165, 1.54) is 17.7 Å². The molecule has 7 nitrogen and oxygen atoms in total. The summed E-state index contributed by atoms with van der Waals surface area (Å²) in [6, 6.07) is 11.8. The number of hydrogen-bond donors (Lipinski definition) is 1. The maximum absolute atomic E-state index is 13.3. The second-order valence-corrected chi connectivity index (χ2v) is 7.85. The van der Waals surface area contributed by atoms with Gasteiger partial charge in [0.15, 0.2) is 11.0 Å². The first-order valence-corrected chi connectivity index (χ1v) is 11.0. The highest BCUT2D eigenvalue weighted by atomic mass is 32.2. The van der Waals surface area contributed by atoms with E-state index in [0.29, 0.717) is 41.9 Å². The molecule has 176 valence electrons. The minimum atomic E-state index is -4.50. The Bertz CT molecular complexity index is 1070. The summed E-state index contributed by atoms with van der Waals surface area (Å²) in [6.07, 6.45) is -3.82. The van der Waals surface area contributed by atoms with Crippen molar-refractivity contribution in [2.75, 3.05) is 33.1 Å². The number of carbonyl (C=O) groups is 1. The van der Waals surface area contributed by atoms with Crippen LogP contribution in [0.4, 0.5) is 13.2 Å². The van der Waals surface area contributed by atoms with Gasteiger partial charge in [-0.1, -0.05) is 17.8 Å². The standard InChI is InChI=1S/C22H23F3N4O3S/c1-31-12-4-11-26-19(30)14-33-21-28-27-20(15-7-9-18(32-2)10-8-15)29(21)17-6-3-5-16(13-17)22(23,24)25/h3,5-10,13H,4,11-12,14H2,1-2H3,(H,26,30). The van der Waals surface area contributed by atoms with E-state index in [-0.39, 0.29) is 17.3 Å². The van der Waals surface area contributed by atoms with Crippen LogP contribution in [0.3, 0.4) is 0 Å². The number of halogens is 3. The Hall–Kier alpha value is -3.05. The second kappa shape index (κ2) is 11.2. The number of carbonyl (C=O) groups excluding carboxylic acids is 1. The number of ether oxygens (including phenoxy) is 2. The minimum Gasteiger partial charge on any atom is -0.497 e. The minimum absolute atomic E-state index is 0.0344. The maximum Gasteiger partial charge on any atom is 0.416 e. The lowest BCUT2D eigenvalue weighted by Crippen LogP contribution is -2.26. The molecule has 33 heavy (non-hydrogen) atoms. The fourth-order valence-corrected chi connectivity index (χ4v) is 3.75. The Morgan fingerprint density at radius 2 is 1.88 bits per heavy atom. The van der Waals surface area contributed by atoms with Crippen LogP contribution in [-0.4, -0.2) is 53.8 Å². The maximum atomic E-state index is 13.3. The first-order valence-electron chi connectivity index (χ1n) is 9.99. The van der Waals surface area contributed by atoms with E-state index < -0.39 is 11.7 Å². The number of benzene rings is 2. The van der Waals surface area contributed by atoms with Gasteiger partial charge in [-0.3, -0.25) is 9.36 Å². The van der Waals surface area contributed by atoms with Gasteiger partial charge in [0.1, 0.15) is 5.75 Å².